The predicted molar refractivity (Wildman–Crippen MR) is 98.5 cm³/mol. The van der Waals surface area contributed by atoms with Crippen LogP contribution in [0.3, 0.4) is 0 Å². The predicted octanol–water partition coefficient (Wildman–Crippen LogP) is 5.20. The number of rotatable bonds is 3. The molecule has 5 heteroatoms. The zero-order valence-electron chi connectivity index (χ0n) is 16.6. The van der Waals surface area contributed by atoms with Gasteiger partial charge in [-0.2, -0.15) is 0 Å². The summed E-state index contributed by atoms with van der Waals surface area (Å²) in [4.78, 5) is 13.3. The maximum absolute atomic E-state index is 11.7. The van der Waals surface area contributed by atoms with Gasteiger partial charge >= 0.3 is 6.09 Å². The van der Waals surface area contributed by atoms with E-state index in [1.54, 1.807) is 4.90 Å². The van der Waals surface area contributed by atoms with Gasteiger partial charge in [-0.25, -0.2) is 4.79 Å². The minimum absolute atomic E-state index is 0.0962. The largest absolute Gasteiger partial charge is 0.465 e. The van der Waals surface area contributed by atoms with Crippen molar-refractivity contribution < 1.29 is 14.3 Å². The van der Waals surface area contributed by atoms with Crippen molar-refractivity contribution in [3.8, 4) is 0 Å². The Kier molecular flexibility index (Phi) is 5.70. The van der Waals surface area contributed by atoms with Crippen LogP contribution >= 0.6 is 0 Å². The van der Waals surface area contributed by atoms with E-state index in [4.69, 9.17) is 4.43 Å². The molecule has 1 heterocycles. The first kappa shape index (κ1) is 20.5. The van der Waals surface area contributed by atoms with Gasteiger partial charge in [0.05, 0.1) is 0 Å². The van der Waals surface area contributed by atoms with E-state index >= 15 is 0 Å². The molecule has 0 aliphatic carbocycles. The van der Waals surface area contributed by atoms with Crippen molar-refractivity contribution in [3.63, 3.8) is 0 Å². The SMILES string of the molecule is CC(C)(C)C1(C)CC(CO[Si](C)(C)C(C)(C)C)CCN1C(=O)O. The zero-order chi connectivity index (χ0) is 18.3. The second-order valence-corrected chi connectivity index (χ2v) is 14.7. The van der Waals surface area contributed by atoms with E-state index in [1.807, 2.05) is 0 Å². The van der Waals surface area contributed by atoms with Gasteiger partial charge in [-0.1, -0.05) is 41.5 Å². The Bertz CT molecular complexity index is 437. The Morgan fingerprint density at radius 3 is 2.17 bits per heavy atom. The monoisotopic (exact) mass is 343 g/mol. The van der Waals surface area contributed by atoms with E-state index in [0.717, 1.165) is 19.4 Å². The van der Waals surface area contributed by atoms with Crippen molar-refractivity contribution in [2.24, 2.45) is 11.3 Å². The van der Waals surface area contributed by atoms with Crippen LogP contribution in [0.15, 0.2) is 0 Å². The lowest BCUT2D eigenvalue weighted by molar-refractivity contribution is -0.0377. The van der Waals surface area contributed by atoms with Crippen LogP contribution in [0.1, 0.15) is 61.3 Å². The Morgan fingerprint density at radius 1 is 1.26 bits per heavy atom. The number of nitrogens with zero attached hydrogens (tertiary/aromatic N) is 1. The summed E-state index contributed by atoms with van der Waals surface area (Å²) < 4.78 is 6.41. The molecule has 136 valence electrons. The second kappa shape index (κ2) is 6.39. The third-order valence-electron chi connectivity index (χ3n) is 6.38. The Morgan fingerprint density at radius 2 is 1.78 bits per heavy atom. The summed E-state index contributed by atoms with van der Waals surface area (Å²) >= 11 is 0. The van der Waals surface area contributed by atoms with Gasteiger partial charge in [-0.15, -0.1) is 0 Å². The summed E-state index contributed by atoms with van der Waals surface area (Å²) in [7, 11) is -1.75. The summed E-state index contributed by atoms with van der Waals surface area (Å²) in [5.74, 6) is 0.434. The first-order valence-electron chi connectivity index (χ1n) is 8.76. The lowest BCUT2D eigenvalue weighted by atomic mass is 9.67. The fraction of sp³-hybridized carbons (Fsp3) is 0.944. The molecular formula is C18H37NO3Si. The smallest absolute Gasteiger partial charge is 0.407 e. The van der Waals surface area contributed by atoms with Gasteiger partial charge in [0.25, 0.3) is 0 Å². The molecule has 1 aliphatic rings. The molecule has 0 spiro atoms. The van der Waals surface area contributed by atoms with Crippen molar-refractivity contribution in [2.45, 2.75) is 85.0 Å². The van der Waals surface area contributed by atoms with Crippen molar-refractivity contribution >= 4 is 14.4 Å². The number of hydrogen-bond acceptors (Lipinski definition) is 2. The number of piperidine rings is 1. The standard InChI is InChI=1S/C18H37NO3Si/c1-16(2,3)18(7)12-14(10-11-19(18)15(20)21)13-22-23(8,9)17(4,5)6/h14H,10-13H2,1-9H3,(H,20,21). The van der Waals surface area contributed by atoms with Crippen LogP contribution in [-0.2, 0) is 4.43 Å². The molecule has 1 N–H and O–H groups in total. The molecule has 1 amide bonds. The van der Waals surface area contributed by atoms with Gasteiger partial charge in [-0.05, 0) is 49.2 Å². The van der Waals surface area contributed by atoms with Crippen LogP contribution in [-0.4, -0.2) is 43.1 Å². The average Bonchev–Trinajstić information content (AvgIpc) is 2.33. The molecule has 1 rings (SSSR count). The molecule has 0 aromatic carbocycles. The Hall–Kier alpha value is -0.553. The third kappa shape index (κ3) is 4.30. The minimum Gasteiger partial charge on any atom is -0.465 e. The molecule has 1 saturated heterocycles. The molecule has 0 radical (unpaired) electrons. The van der Waals surface area contributed by atoms with Crippen molar-refractivity contribution in [2.75, 3.05) is 13.2 Å². The topological polar surface area (TPSA) is 49.8 Å². The highest BCUT2D eigenvalue weighted by Crippen LogP contribution is 2.45. The van der Waals surface area contributed by atoms with E-state index in [-0.39, 0.29) is 16.0 Å². The van der Waals surface area contributed by atoms with Gasteiger partial charge in [0.1, 0.15) is 0 Å². The fourth-order valence-electron chi connectivity index (χ4n) is 3.04. The molecule has 2 unspecified atom stereocenters. The molecular weight excluding hydrogens is 306 g/mol. The van der Waals surface area contributed by atoms with Crippen molar-refractivity contribution in [1.29, 1.82) is 0 Å². The molecule has 23 heavy (non-hydrogen) atoms. The fourth-order valence-corrected chi connectivity index (χ4v) is 4.12. The minimum atomic E-state index is -1.75. The van der Waals surface area contributed by atoms with Gasteiger partial charge in [-0.3, -0.25) is 0 Å². The quantitative estimate of drug-likeness (QED) is 0.716. The van der Waals surface area contributed by atoms with Crippen molar-refractivity contribution in [3.05, 3.63) is 0 Å². The second-order valence-electron chi connectivity index (χ2n) is 9.89. The number of likely N-dealkylation sites (tertiary alicyclic amines) is 1. The van der Waals surface area contributed by atoms with Gasteiger partial charge < -0.3 is 14.4 Å². The Balaban J connectivity index is 2.85. The van der Waals surface area contributed by atoms with Crippen LogP contribution < -0.4 is 0 Å². The maximum atomic E-state index is 11.7. The van der Waals surface area contributed by atoms with E-state index in [0.29, 0.717) is 12.5 Å². The molecule has 2 atom stereocenters. The number of hydrogen-bond donors (Lipinski definition) is 1. The number of carbonyl (C=O) groups is 1. The molecule has 1 aliphatic heterocycles. The molecule has 4 nitrogen and oxygen atoms in total. The highest BCUT2D eigenvalue weighted by atomic mass is 28.4. The number of carboxylic acid groups (broad SMARTS) is 1. The molecule has 0 aromatic heterocycles. The third-order valence-corrected chi connectivity index (χ3v) is 10.9. The van der Waals surface area contributed by atoms with E-state index < -0.39 is 14.4 Å². The molecule has 0 saturated carbocycles. The zero-order valence-corrected chi connectivity index (χ0v) is 17.6. The van der Waals surface area contributed by atoms with Crippen LogP contribution in [0.5, 0.6) is 0 Å². The first-order valence-corrected chi connectivity index (χ1v) is 11.7. The summed E-state index contributed by atoms with van der Waals surface area (Å²) in [5.41, 5.74) is -0.445. The lowest BCUT2D eigenvalue weighted by Crippen LogP contribution is -2.61. The molecule has 1 fully saturated rings. The van der Waals surface area contributed by atoms with Crippen molar-refractivity contribution in [1.82, 2.24) is 4.90 Å². The van der Waals surface area contributed by atoms with Gasteiger partial charge in [0, 0.05) is 18.7 Å². The lowest BCUT2D eigenvalue weighted by Gasteiger charge is -2.54. The molecule has 0 bridgehead atoms. The Labute approximate surface area is 143 Å². The van der Waals surface area contributed by atoms with Crippen LogP contribution in [0.25, 0.3) is 0 Å². The maximum Gasteiger partial charge on any atom is 0.407 e. The first-order chi connectivity index (χ1) is 10.1. The van der Waals surface area contributed by atoms with Gasteiger partial charge in [0.2, 0.25) is 0 Å². The summed E-state index contributed by atoms with van der Waals surface area (Å²) in [5, 5.41) is 9.80. The highest BCUT2D eigenvalue weighted by molar-refractivity contribution is 6.74. The molecule has 0 aromatic rings. The summed E-state index contributed by atoms with van der Waals surface area (Å²) in [6.07, 6.45) is 0.968. The highest BCUT2D eigenvalue weighted by Gasteiger charge is 2.49. The number of amides is 1. The van der Waals surface area contributed by atoms with E-state index in [1.165, 1.54) is 0 Å². The van der Waals surface area contributed by atoms with E-state index in [9.17, 15) is 9.90 Å². The normalized spacial score (nSPS) is 27.2. The summed E-state index contributed by atoms with van der Waals surface area (Å²) in [6, 6.07) is 0. The van der Waals surface area contributed by atoms with Crippen LogP contribution in [0.2, 0.25) is 18.1 Å². The van der Waals surface area contributed by atoms with Crippen LogP contribution in [0, 0.1) is 11.3 Å². The average molecular weight is 344 g/mol. The van der Waals surface area contributed by atoms with Gasteiger partial charge in [0.15, 0.2) is 8.32 Å². The van der Waals surface area contributed by atoms with Crippen LogP contribution in [0.4, 0.5) is 4.79 Å². The summed E-state index contributed by atoms with van der Waals surface area (Å²) in [6.45, 7) is 21.2. The van der Waals surface area contributed by atoms with E-state index in [2.05, 4.69) is 61.6 Å².